The van der Waals surface area contributed by atoms with Crippen molar-refractivity contribution in [2.75, 3.05) is 11.4 Å². The van der Waals surface area contributed by atoms with Crippen LogP contribution in [0, 0.1) is 0 Å². The first-order valence-electron chi connectivity index (χ1n) is 6.15. The molecule has 0 atom stereocenters. The normalized spacial score (nSPS) is 15.1. The largest absolute Gasteiger partial charge is 0.312 e. The predicted octanol–water partition coefficient (Wildman–Crippen LogP) is 2.88. The fraction of sp³-hybridized carbons (Fsp3) is 0.200. The molecule has 2 heterocycles. The molecule has 0 bridgehead atoms. The number of benzene rings is 1. The standard InChI is InChI=1S/C15H14N2O/c18-15-2-1-11-17(15)14-5-3-12(4-6-14)13-7-9-16-10-8-13/h3-10H,1-2,11H2. The van der Waals surface area contributed by atoms with Crippen molar-refractivity contribution in [3.63, 3.8) is 0 Å². The summed E-state index contributed by atoms with van der Waals surface area (Å²) in [7, 11) is 0. The van der Waals surface area contributed by atoms with Crippen LogP contribution < -0.4 is 4.90 Å². The van der Waals surface area contributed by atoms with E-state index in [4.69, 9.17) is 0 Å². The Morgan fingerprint density at radius 3 is 2.22 bits per heavy atom. The Hall–Kier alpha value is -2.16. The van der Waals surface area contributed by atoms with E-state index in [0.717, 1.165) is 29.8 Å². The second-order valence-electron chi connectivity index (χ2n) is 4.43. The summed E-state index contributed by atoms with van der Waals surface area (Å²) in [6.45, 7) is 0.841. The van der Waals surface area contributed by atoms with Crippen LogP contribution >= 0.6 is 0 Å². The highest BCUT2D eigenvalue weighted by Crippen LogP contribution is 2.25. The topological polar surface area (TPSA) is 33.2 Å². The minimum atomic E-state index is 0.228. The van der Waals surface area contributed by atoms with Crippen molar-refractivity contribution in [1.29, 1.82) is 0 Å². The van der Waals surface area contributed by atoms with Crippen LogP contribution in [-0.2, 0) is 4.79 Å². The number of carbonyl (C=O) groups is 1. The van der Waals surface area contributed by atoms with E-state index >= 15 is 0 Å². The SMILES string of the molecule is O=C1CCCN1c1ccc(-c2ccncc2)cc1. The third-order valence-corrected chi connectivity index (χ3v) is 3.27. The molecule has 0 N–H and O–H groups in total. The number of carbonyl (C=O) groups excluding carboxylic acids is 1. The van der Waals surface area contributed by atoms with Crippen LogP contribution in [0.2, 0.25) is 0 Å². The lowest BCUT2D eigenvalue weighted by atomic mass is 10.1. The molecule has 0 saturated carbocycles. The monoisotopic (exact) mass is 238 g/mol. The van der Waals surface area contributed by atoms with E-state index in [1.165, 1.54) is 0 Å². The Balaban J connectivity index is 1.87. The molecule has 0 unspecified atom stereocenters. The third kappa shape index (κ3) is 1.99. The third-order valence-electron chi connectivity index (χ3n) is 3.27. The molecule has 1 saturated heterocycles. The van der Waals surface area contributed by atoms with Gasteiger partial charge >= 0.3 is 0 Å². The molecule has 3 nitrogen and oxygen atoms in total. The summed E-state index contributed by atoms with van der Waals surface area (Å²) < 4.78 is 0. The molecule has 1 aromatic heterocycles. The van der Waals surface area contributed by atoms with Crippen LogP contribution in [-0.4, -0.2) is 17.4 Å². The molecular formula is C15H14N2O. The average molecular weight is 238 g/mol. The molecule has 90 valence electrons. The van der Waals surface area contributed by atoms with Gasteiger partial charge in [-0.05, 0) is 41.8 Å². The molecule has 0 radical (unpaired) electrons. The molecule has 3 rings (SSSR count). The zero-order valence-corrected chi connectivity index (χ0v) is 10.0. The van der Waals surface area contributed by atoms with Crippen molar-refractivity contribution in [3.8, 4) is 11.1 Å². The van der Waals surface area contributed by atoms with E-state index in [1.54, 1.807) is 12.4 Å². The summed E-state index contributed by atoms with van der Waals surface area (Å²) in [5, 5.41) is 0. The Morgan fingerprint density at radius 1 is 0.944 bits per heavy atom. The Bertz CT molecular complexity index is 548. The molecule has 18 heavy (non-hydrogen) atoms. The second kappa shape index (κ2) is 4.61. The fourth-order valence-electron chi connectivity index (χ4n) is 2.30. The number of anilines is 1. The van der Waals surface area contributed by atoms with Crippen molar-refractivity contribution >= 4 is 11.6 Å². The molecule has 1 aliphatic rings. The summed E-state index contributed by atoms with van der Waals surface area (Å²) in [5.41, 5.74) is 3.28. The van der Waals surface area contributed by atoms with E-state index < -0.39 is 0 Å². The van der Waals surface area contributed by atoms with Gasteiger partial charge in [-0.1, -0.05) is 12.1 Å². The lowest BCUT2D eigenvalue weighted by Gasteiger charge is -2.15. The van der Waals surface area contributed by atoms with Gasteiger partial charge in [-0.3, -0.25) is 9.78 Å². The molecule has 3 heteroatoms. The maximum absolute atomic E-state index is 11.6. The van der Waals surface area contributed by atoms with E-state index in [1.807, 2.05) is 29.2 Å². The van der Waals surface area contributed by atoms with Crippen LogP contribution in [0.4, 0.5) is 5.69 Å². The number of aromatic nitrogens is 1. The van der Waals surface area contributed by atoms with E-state index in [9.17, 15) is 4.79 Å². The minimum Gasteiger partial charge on any atom is -0.312 e. The maximum Gasteiger partial charge on any atom is 0.227 e. The van der Waals surface area contributed by atoms with E-state index in [-0.39, 0.29) is 5.91 Å². The van der Waals surface area contributed by atoms with Gasteiger partial charge in [0.25, 0.3) is 0 Å². The predicted molar refractivity (Wildman–Crippen MR) is 71.3 cm³/mol. The van der Waals surface area contributed by atoms with Crippen molar-refractivity contribution in [2.24, 2.45) is 0 Å². The lowest BCUT2D eigenvalue weighted by Crippen LogP contribution is -2.23. The van der Waals surface area contributed by atoms with Crippen molar-refractivity contribution in [3.05, 3.63) is 48.8 Å². The molecule has 2 aromatic rings. The Kier molecular flexibility index (Phi) is 2.81. The zero-order chi connectivity index (χ0) is 12.4. The van der Waals surface area contributed by atoms with Gasteiger partial charge in [0.05, 0.1) is 0 Å². The van der Waals surface area contributed by atoms with Crippen molar-refractivity contribution < 1.29 is 4.79 Å². The number of hydrogen-bond donors (Lipinski definition) is 0. The number of pyridine rings is 1. The van der Waals surface area contributed by atoms with Gasteiger partial charge in [-0.25, -0.2) is 0 Å². The van der Waals surface area contributed by atoms with Crippen molar-refractivity contribution in [2.45, 2.75) is 12.8 Å². The summed E-state index contributed by atoms with van der Waals surface area (Å²) in [4.78, 5) is 17.5. The van der Waals surface area contributed by atoms with Crippen LogP contribution in [0.3, 0.4) is 0 Å². The first-order chi connectivity index (χ1) is 8.84. The molecule has 0 aliphatic carbocycles. The molecule has 1 aromatic carbocycles. The highest BCUT2D eigenvalue weighted by atomic mass is 16.2. The molecule has 1 fully saturated rings. The summed E-state index contributed by atoms with van der Waals surface area (Å²) in [6.07, 6.45) is 5.21. The molecule has 0 spiro atoms. The van der Waals surface area contributed by atoms with Gasteiger partial charge in [0.1, 0.15) is 0 Å². The number of amides is 1. The highest BCUT2D eigenvalue weighted by Gasteiger charge is 2.21. The van der Waals surface area contributed by atoms with Crippen LogP contribution in [0.15, 0.2) is 48.8 Å². The van der Waals surface area contributed by atoms with Gasteiger partial charge in [0, 0.05) is 31.0 Å². The zero-order valence-electron chi connectivity index (χ0n) is 10.0. The maximum atomic E-state index is 11.6. The first kappa shape index (κ1) is 11.0. The quantitative estimate of drug-likeness (QED) is 0.806. The minimum absolute atomic E-state index is 0.228. The summed E-state index contributed by atoms with van der Waals surface area (Å²) in [6, 6.07) is 12.1. The van der Waals surface area contributed by atoms with Crippen LogP contribution in [0.25, 0.3) is 11.1 Å². The number of rotatable bonds is 2. The highest BCUT2D eigenvalue weighted by molar-refractivity contribution is 5.95. The van der Waals surface area contributed by atoms with Crippen LogP contribution in [0.1, 0.15) is 12.8 Å². The van der Waals surface area contributed by atoms with Gasteiger partial charge in [0.15, 0.2) is 0 Å². The van der Waals surface area contributed by atoms with Crippen molar-refractivity contribution in [1.82, 2.24) is 4.98 Å². The molecule has 1 aliphatic heterocycles. The van der Waals surface area contributed by atoms with E-state index in [0.29, 0.717) is 6.42 Å². The van der Waals surface area contributed by atoms with Gasteiger partial charge in [-0.2, -0.15) is 0 Å². The number of nitrogens with zero attached hydrogens (tertiary/aromatic N) is 2. The van der Waals surface area contributed by atoms with Gasteiger partial charge in [-0.15, -0.1) is 0 Å². The Labute approximate surface area is 106 Å². The van der Waals surface area contributed by atoms with Crippen LogP contribution in [0.5, 0.6) is 0 Å². The number of hydrogen-bond acceptors (Lipinski definition) is 2. The smallest absolute Gasteiger partial charge is 0.227 e. The summed E-state index contributed by atoms with van der Waals surface area (Å²) in [5.74, 6) is 0.228. The van der Waals surface area contributed by atoms with Gasteiger partial charge < -0.3 is 4.90 Å². The average Bonchev–Trinajstić information content (AvgIpc) is 2.86. The molecular weight excluding hydrogens is 224 g/mol. The van der Waals surface area contributed by atoms with E-state index in [2.05, 4.69) is 17.1 Å². The Morgan fingerprint density at radius 2 is 1.61 bits per heavy atom. The second-order valence-corrected chi connectivity index (χ2v) is 4.43. The summed E-state index contributed by atoms with van der Waals surface area (Å²) >= 11 is 0. The first-order valence-corrected chi connectivity index (χ1v) is 6.15. The fourth-order valence-corrected chi connectivity index (χ4v) is 2.30. The van der Waals surface area contributed by atoms with Gasteiger partial charge in [0.2, 0.25) is 5.91 Å². The molecule has 1 amide bonds. The lowest BCUT2D eigenvalue weighted by molar-refractivity contribution is -0.117.